The van der Waals surface area contributed by atoms with Gasteiger partial charge < -0.3 is 10.1 Å². The summed E-state index contributed by atoms with van der Waals surface area (Å²) >= 11 is 1.49. The number of rotatable bonds is 7. The molecule has 1 unspecified atom stereocenters. The van der Waals surface area contributed by atoms with E-state index in [1.807, 2.05) is 36.6 Å². The predicted molar refractivity (Wildman–Crippen MR) is 105 cm³/mol. The highest BCUT2D eigenvalue weighted by Crippen LogP contribution is 2.24. The lowest BCUT2D eigenvalue weighted by Crippen LogP contribution is -2.37. The van der Waals surface area contributed by atoms with Crippen LogP contribution in [0.3, 0.4) is 0 Å². The highest BCUT2D eigenvalue weighted by Gasteiger charge is 2.13. The summed E-state index contributed by atoms with van der Waals surface area (Å²) in [4.78, 5) is 16.7. The van der Waals surface area contributed by atoms with Crippen molar-refractivity contribution in [1.82, 2.24) is 10.3 Å². The molecule has 0 aliphatic rings. The number of benzene rings is 2. The molecule has 0 saturated heterocycles. The zero-order chi connectivity index (χ0) is 20.1. The molecule has 1 atom stereocenters. The molecule has 3 rings (SSSR count). The summed E-state index contributed by atoms with van der Waals surface area (Å²) in [6.07, 6.45) is 0.150. The molecule has 2 aromatic carbocycles. The second-order valence-electron chi connectivity index (χ2n) is 6.54. The Kier molecular flexibility index (Phi) is 6.36. The number of nitrogens with zero attached hydrogens (tertiary/aromatic N) is 1. The lowest BCUT2D eigenvalue weighted by atomic mass is 10.2. The Balaban J connectivity index is 1.50. The Morgan fingerprint density at radius 2 is 1.96 bits per heavy atom. The highest BCUT2D eigenvalue weighted by atomic mass is 32.1. The first kappa shape index (κ1) is 19.9. The van der Waals surface area contributed by atoms with Gasteiger partial charge in [0.2, 0.25) is 5.91 Å². The minimum absolute atomic E-state index is 0.0512. The molecule has 1 N–H and O–H groups in total. The van der Waals surface area contributed by atoms with Crippen LogP contribution in [0.5, 0.6) is 5.75 Å². The van der Waals surface area contributed by atoms with Crippen LogP contribution < -0.4 is 10.1 Å². The maximum absolute atomic E-state index is 13.6. The fourth-order valence-electron chi connectivity index (χ4n) is 2.56. The van der Waals surface area contributed by atoms with Crippen molar-refractivity contribution in [3.05, 3.63) is 70.7 Å². The maximum Gasteiger partial charge on any atom is 0.226 e. The number of ether oxygens (including phenoxy) is 1. The third-order valence-electron chi connectivity index (χ3n) is 3.98. The van der Waals surface area contributed by atoms with Gasteiger partial charge in [0.15, 0.2) is 11.6 Å². The molecular weight excluding hydrogens is 382 g/mol. The molecule has 0 radical (unpaired) electrons. The van der Waals surface area contributed by atoms with Crippen LogP contribution in [-0.4, -0.2) is 23.5 Å². The van der Waals surface area contributed by atoms with Crippen LogP contribution in [-0.2, 0) is 11.2 Å². The van der Waals surface area contributed by atoms with Gasteiger partial charge in [0.05, 0.1) is 18.2 Å². The van der Waals surface area contributed by atoms with Crippen LogP contribution in [0.25, 0.3) is 10.6 Å². The van der Waals surface area contributed by atoms with Crippen molar-refractivity contribution in [3.8, 4) is 16.3 Å². The molecule has 3 aromatic rings. The number of hydrogen-bond acceptors (Lipinski definition) is 4. The number of carbonyl (C=O) groups excluding carboxylic acids is 1. The fraction of sp³-hybridized carbons (Fsp3) is 0.238. The van der Waals surface area contributed by atoms with Gasteiger partial charge in [-0.2, -0.15) is 0 Å². The van der Waals surface area contributed by atoms with Crippen molar-refractivity contribution < 1.29 is 18.3 Å². The highest BCUT2D eigenvalue weighted by molar-refractivity contribution is 7.13. The molecule has 0 fully saturated rings. The van der Waals surface area contributed by atoms with E-state index in [2.05, 4.69) is 10.3 Å². The van der Waals surface area contributed by atoms with Crippen LogP contribution in [0.15, 0.2) is 47.8 Å². The van der Waals surface area contributed by atoms with Gasteiger partial charge in [0.25, 0.3) is 0 Å². The zero-order valence-corrected chi connectivity index (χ0v) is 16.4. The maximum atomic E-state index is 13.6. The average Bonchev–Trinajstić information content (AvgIpc) is 3.09. The first-order valence-corrected chi connectivity index (χ1v) is 9.67. The zero-order valence-electron chi connectivity index (χ0n) is 15.5. The van der Waals surface area contributed by atoms with Gasteiger partial charge in [0, 0.05) is 17.0 Å². The third-order valence-corrected chi connectivity index (χ3v) is 4.92. The van der Waals surface area contributed by atoms with Gasteiger partial charge in [-0.05, 0) is 26.0 Å². The lowest BCUT2D eigenvalue weighted by Gasteiger charge is -2.15. The molecule has 0 bridgehead atoms. The quantitative estimate of drug-likeness (QED) is 0.632. The van der Waals surface area contributed by atoms with Crippen LogP contribution in [0, 0.1) is 18.6 Å². The van der Waals surface area contributed by atoms with Crippen molar-refractivity contribution >= 4 is 17.2 Å². The van der Waals surface area contributed by atoms with Gasteiger partial charge >= 0.3 is 0 Å². The fourth-order valence-corrected chi connectivity index (χ4v) is 3.38. The Labute approximate surface area is 166 Å². The summed E-state index contributed by atoms with van der Waals surface area (Å²) in [6.45, 7) is 3.84. The smallest absolute Gasteiger partial charge is 0.226 e. The van der Waals surface area contributed by atoms with Crippen molar-refractivity contribution in [2.24, 2.45) is 0 Å². The number of hydrogen-bond donors (Lipinski definition) is 1. The minimum atomic E-state index is -0.773. The molecule has 0 spiro atoms. The van der Waals surface area contributed by atoms with E-state index in [0.29, 0.717) is 5.69 Å². The van der Waals surface area contributed by atoms with Crippen molar-refractivity contribution in [1.29, 1.82) is 0 Å². The summed E-state index contributed by atoms with van der Waals surface area (Å²) in [7, 11) is 0. The Hall–Kier alpha value is -2.80. The Bertz CT molecular complexity index is 957. The first-order chi connectivity index (χ1) is 13.4. The number of halogens is 2. The van der Waals surface area contributed by atoms with E-state index in [0.717, 1.165) is 22.7 Å². The molecule has 1 amide bonds. The van der Waals surface area contributed by atoms with E-state index in [-0.39, 0.29) is 30.7 Å². The van der Waals surface area contributed by atoms with E-state index < -0.39 is 11.6 Å². The van der Waals surface area contributed by atoms with Gasteiger partial charge in [-0.15, -0.1) is 11.3 Å². The molecule has 0 aliphatic heterocycles. The van der Waals surface area contributed by atoms with Gasteiger partial charge in [-0.1, -0.05) is 29.8 Å². The molecule has 4 nitrogen and oxygen atoms in total. The minimum Gasteiger partial charge on any atom is -0.488 e. The number of nitrogens with one attached hydrogen (secondary N) is 1. The summed E-state index contributed by atoms with van der Waals surface area (Å²) in [5, 5.41) is 5.52. The van der Waals surface area contributed by atoms with Crippen LogP contribution in [0.2, 0.25) is 0 Å². The molecule has 1 heterocycles. The van der Waals surface area contributed by atoms with E-state index >= 15 is 0 Å². The summed E-state index contributed by atoms with van der Waals surface area (Å²) in [5.41, 5.74) is 2.89. The second-order valence-corrected chi connectivity index (χ2v) is 7.40. The topological polar surface area (TPSA) is 51.2 Å². The summed E-state index contributed by atoms with van der Waals surface area (Å²) in [5.74, 6) is -1.69. The molecule has 0 aliphatic carbocycles. The van der Waals surface area contributed by atoms with E-state index in [9.17, 15) is 13.6 Å². The first-order valence-electron chi connectivity index (χ1n) is 8.79. The van der Waals surface area contributed by atoms with Crippen molar-refractivity contribution in [2.75, 3.05) is 6.61 Å². The van der Waals surface area contributed by atoms with E-state index in [1.165, 1.54) is 23.0 Å². The standard InChI is InChI=1S/C21H20F2N2O2S/c1-13-3-5-15(6-4-13)21-25-17(12-28-21)10-20(26)24-14(2)11-27-19-8-7-16(22)9-18(19)23/h3-9,12,14H,10-11H2,1-2H3,(H,24,26). The molecule has 28 heavy (non-hydrogen) atoms. The summed E-state index contributed by atoms with van der Waals surface area (Å²) in [6, 6.07) is 10.8. The van der Waals surface area contributed by atoms with E-state index in [1.54, 1.807) is 6.92 Å². The Morgan fingerprint density at radius 3 is 2.68 bits per heavy atom. The van der Waals surface area contributed by atoms with Crippen LogP contribution in [0.1, 0.15) is 18.2 Å². The number of aryl methyl sites for hydroxylation is 1. The molecule has 1 aromatic heterocycles. The average molecular weight is 402 g/mol. The third kappa shape index (κ3) is 5.36. The van der Waals surface area contributed by atoms with E-state index in [4.69, 9.17) is 4.74 Å². The van der Waals surface area contributed by atoms with Crippen LogP contribution >= 0.6 is 11.3 Å². The Morgan fingerprint density at radius 1 is 1.21 bits per heavy atom. The monoisotopic (exact) mass is 402 g/mol. The number of thiazole rings is 1. The van der Waals surface area contributed by atoms with Crippen molar-refractivity contribution in [2.45, 2.75) is 26.3 Å². The lowest BCUT2D eigenvalue weighted by molar-refractivity contribution is -0.121. The van der Waals surface area contributed by atoms with Crippen LogP contribution in [0.4, 0.5) is 8.78 Å². The van der Waals surface area contributed by atoms with Gasteiger partial charge in [-0.25, -0.2) is 13.8 Å². The second kappa shape index (κ2) is 8.93. The summed E-state index contributed by atoms with van der Waals surface area (Å²) < 4.78 is 31.8. The molecule has 0 saturated carbocycles. The number of amides is 1. The van der Waals surface area contributed by atoms with Crippen molar-refractivity contribution in [3.63, 3.8) is 0 Å². The van der Waals surface area contributed by atoms with Gasteiger partial charge in [0.1, 0.15) is 17.4 Å². The SMILES string of the molecule is Cc1ccc(-c2nc(CC(=O)NC(C)COc3ccc(F)cc3F)cs2)cc1. The molecule has 7 heteroatoms. The predicted octanol–water partition coefficient (Wildman–Crippen LogP) is 4.52. The molecule has 146 valence electrons. The molecular formula is C21H20F2N2O2S. The number of carbonyl (C=O) groups is 1. The largest absolute Gasteiger partial charge is 0.488 e. The number of aromatic nitrogens is 1. The van der Waals surface area contributed by atoms with Gasteiger partial charge in [-0.3, -0.25) is 4.79 Å². The normalized spacial score (nSPS) is 11.9.